The van der Waals surface area contributed by atoms with E-state index < -0.39 is 0 Å². The fourth-order valence-electron chi connectivity index (χ4n) is 10.8. The number of hydrogen-bond donors (Lipinski definition) is 0. The van der Waals surface area contributed by atoms with Crippen molar-refractivity contribution in [3.05, 3.63) is 151 Å². The van der Waals surface area contributed by atoms with Gasteiger partial charge in [-0.1, -0.05) is 123 Å². The minimum atomic E-state index is -0.0352. The summed E-state index contributed by atoms with van der Waals surface area (Å²) in [5.41, 5.74) is 18.8. The summed E-state index contributed by atoms with van der Waals surface area (Å²) in [6, 6.07) is 52.2. The average molecular weight is 658 g/mol. The molecule has 1 aromatic heterocycles. The predicted molar refractivity (Wildman–Crippen MR) is 216 cm³/mol. The maximum absolute atomic E-state index is 2.84. The third-order valence-corrected chi connectivity index (χ3v) is 13.3. The second kappa shape index (κ2) is 10.3. The molecule has 11 rings (SSSR count). The van der Waals surface area contributed by atoms with Gasteiger partial charge in [0.25, 0.3) is 6.71 Å². The highest BCUT2D eigenvalue weighted by atomic mass is 15.3. The molecule has 4 heterocycles. The van der Waals surface area contributed by atoms with Crippen LogP contribution in [-0.4, -0.2) is 16.8 Å². The highest BCUT2D eigenvalue weighted by Gasteiger charge is 2.61. The Labute approximate surface area is 300 Å². The van der Waals surface area contributed by atoms with Crippen molar-refractivity contribution in [2.24, 2.45) is 0 Å². The lowest BCUT2D eigenvalue weighted by molar-refractivity contribution is 0.195. The molecule has 51 heavy (non-hydrogen) atoms. The van der Waals surface area contributed by atoms with Crippen LogP contribution in [-0.2, 0) is 5.41 Å². The van der Waals surface area contributed by atoms with Crippen LogP contribution in [0.3, 0.4) is 0 Å². The van der Waals surface area contributed by atoms with E-state index in [1.165, 1.54) is 98.1 Å². The Hall–Kier alpha value is -5.48. The second-order valence-electron chi connectivity index (χ2n) is 15.6. The molecule has 1 saturated carbocycles. The number of benzene rings is 6. The van der Waals surface area contributed by atoms with Gasteiger partial charge in [0, 0.05) is 44.8 Å². The second-order valence-corrected chi connectivity index (χ2v) is 15.6. The molecule has 4 aliphatic rings. The van der Waals surface area contributed by atoms with Crippen molar-refractivity contribution < 1.29 is 0 Å². The van der Waals surface area contributed by atoms with Gasteiger partial charge in [0.05, 0.1) is 16.9 Å². The van der Waals surface area contributed by atoms with Gasteiger partial charge in [0.15, 0.2) is 0 Å². The van der Waals surface area contributed by atoms with E-state index in [1.54, 1.807) is 0 Å². The summed E-state index contributed by atoms with van der Waals surface area (Å²) < 4.78 is 2.63. The number of rotatable bonds is 4. The molecule has 2 unspecified atom stereocenters. The van der Waals surface area contributed by atoms with E-state index in [0.29, 0.717) is 0 Å². The van der Waals surface area contributed by atoms with Gasteiger partial charge in [0.1, 0.15) is 0 Å². The molecule has 0 saturated heterocycles. The normalized spacial score (nSPS) is 20.6. The van der Waals surface area contributed by atoms with E-state index in [2.05, 4.69) is 175 Å². The molecule has 4 heteroatoms. The molecule has 0 spiro atoms. The molecule has 6 aromatic carbocycles. The van der Waals surface area contributed by atoms with Gasteiger partial charge in [-0.25, -0.2) is 0 Å². The van der Waals surface area contributed by atoms with Gasteiger partial charge in [-0.05, 0) is 96.2 Å². The summed E-state index contributed by atoms with van der Waals surface area (Å²) in [7, 11) is 0. The maximum atomic E-state index is 2.84. The van der Waals surface area contributed by atoms with Crippen LogP contribution in [0.1, 0.15) is 50.7 Å². The smallest absolute Gasteiger partial charge is 0.252 e. The molecule has 246 valence electrons. The standard InChI is InChI=1S/C47H40BN3/c1-31-36-23-15-25-38-44(36)50(43(31)32-17-7-4-8-18-32)40-29-35(49(33-19-9-5-10-20-33)34-21-11-6-12-22-34)30-41-42(40)48(38)39-26-16-24-37-45(39)51(41)47(3)28-14-13-27-46(37,47)2/h4-12,15-26,29-30H,13-14,27-28H2,1-3H3. The van der Waals surface area contributed by atoms with Crippen LogP contribution in [0.2, 0.25) is 0 Å². The summed E-state index contributed by atoms with van der Waals surface area (Å²) in [5, 5.41) is 1.34. The molecule has 0 N–H and O–H groups in total. The zero-order chi connectivity index (χ0) is 34.1. The highest BCUT2D eigenvalue weighted by molar-refractivity contribution is 7.00. The average Bonchev–Trinajstić information content (AvgIpc) is 3.59. The lowest BCUT2D eigenvalue weighted by Gasteiger charge is -2.52. The lowest BCUT2D eigenvalue weighted by Crippen LogP contribution is -2.64. The predicted octanol–water partition coefficient (Wildman–Crippen LogP) is 9.96. The van der Waals surface area contributed by atoms with Crippen molar-refractivity contribution in [2.75, 3.05) is 9.80 Å². The maximum Gasteiger partial charge on any atom is 0.252 e. The fourth-order valence-corrected chi connectivity index (χ4v) is 10.8. The Kier molecular flexibility index (Phi) is 5.91. The zero-order valence-electron chi connectivity index (χ0n) is 29.5. The van der Waals surface area contributed by atoms with Crippen LogP contribution in [0.5, 0.6) is 0 Å². The summed E-state index contributed by atoms with van der Waals surface area (Å²) in [4.78, 5) is 5.30. The van der Waals surface area contributed by atoms with Crippen LogP contribution < -0.4 is 26.2 Å². The van der Waals surface area contributed by atoms with Gasteiger partial charge in [-0.3, -0.25) is 0 Å². The summed E-state index contributed by atoms with van der Waals surface area (Å²) in [5.74, 6) is 0. The first-order chi connectivity index (χ1) is 25.0. The van der Waals surface area contributed by atoms with E-state index >= 15 is 0 Å². The molecule has 2 atom stereocenters. The van der Waals surface area contributed by atoms with Gasteiger partial charge >= 0.3 is 0 Å². The molecule has 3 aliphatic heterocycles. The Balaban J connectivity index is 1.32. The number of aromatic nitrogens is 1. The first-order valence-electron chi connectivity index (χ1n) is 18.7. The van der Waals surface area contributed by atoms with Crippen molar-refractivity contribution in [3.63, 3.8) is 0 Å². The van der Waals surface area contributed by atoms with Crippen molar-refractivity contribution in [2.45, 2.75) is 57.4 Å². The Bertz CT molecular complexity index is 2500. The van der Waals surface area contributed by atoms with Crippen molar-refractivity contribution >= 4 is 62.4 Å². The number of aryl methyl sites for hydroxylation is 1. The van der Waals surface area contributed by atoms with E-state index in [-0.39, 0.29) is 17.7 Å². The topological polar surface area (TPSA) is 11.4 Å². The largest absolute Gasteiger partial charge is 0.335 e. The summed E-state index contributed by atoms with van der Waals surface area (Å²) in [6.45, 7) is 7.62. The van der Waals surface area contributed by atoms with Gasteiger partial charge in [-0.15, -0.1) is 0 Å². The minimum absolute atomic E-state index is 0.0352. The van der Waals surface area contributed by atoms with Crippen molar-refractivity contribution in [1.29, 1.82) is 0 Å². The van der Waals surface area contributed by atoms with Crippen molar-refractivity contribution in [3.8, 4) is 16.9 Å². The Morgan fingerprint density at radius 2 is 1.25 bits per heavy atom. The first kappa shape index (κ1) is 29.3. The van der Waals surface area contributed by atoms with E-state index in [0.717, 1.165) is 11.4 Å². The van der Waals surface area contributed by atoms with Crippen LogP contribution in [0.4, 0.5) is 28.4 Å². The van der Waals surface area contributed by atoms with Crippen LogP contribution in [0, 0.1) is 6.92 Å². The fraction of sp³-hybridized carbons (Fsp3) is 0.191. The van der Waals surface area contributed by atoms with Crippen LogP contribution in [0.25, 0.3) is 27.8 Å². The quantitative estimate of drug-likeness (QED) is 0.175. The minimum Gasteiger partial charge on any atom is -0.335 e. The number of anilines is 5. The van der Waals surface area contributed by atoms with Crippen LogP contribution in [0.15, 0.2) is 140 Å². The summed E-state index contributed by atoms with van der Waals surface area (Å²) in [6.07, 6.45) is 4.94. The molecular formula is C47H40BN3. The Morgan fingerprint density at radius 1 is 0.627 bits per heavy atom. The summed E-state index contributed by atoms with van der Waals surface area (Å²) >= 11 is 0. The number of hydrogen-bond acceptors (Lipinski definition) is 2. The third kappa shape index (κ3) is 3.65. The molecule has 0 bridgehead atoms. The van der Waals surface area contributed by atoms with E-state index in [4.69, 9.17) is 0 Å². The molecular weight excluding hydrogens is 617 g/mol. The third-order valence-electron chi connectivity index (χ3n) is 13.3. The van der Waals surface area contributed by atoms with Gasteiger partial charge in [0.2, 0.25) is 0 Å². The Morgan fingerprint density at radius 3 is 1.98 bits per heavy atom. The van der Waals surface area contributed by atoms with E-state index in [1.807, 2.05) is 0 Å². The SMILES string of the molecule is Cc1c(-c2ccccc2)n2c3c(cccc13)B1c3cccc4c3N(c3cc(N(c5ccccc5)c5ccccc5)cc-2c31)C1(C)CCCCC41C. The molecule has 0 amide bonds. The molecule has 1 aliphatic carbocycles. The number of fused-ring (bicyclic) bond motifs is 7. The van der Waals surface area contributed by atoms with Crippen molar-refractivity contribution in [1.82, 2.24) is 4.57 Å². The number of nitrogens with zero attached hydrogens (tertiary/aromatic N) is 3. The van der Waals surface area contributed by atoms with Gasteiger partial charge in [-0.2, -0.15) is 0 Å². The zero-order valence-corrected chi connectivity index (χ0v) is 29.5. The first-order valence-corrected chi connectivity index (χ1v) is 18.7. The van der Waals surface area contributed by atoms with Crippen LogP contribution >= 0.6 is 0 Å². The monoisotopic (exact) mass is 657 g/mol. The number of para-hydroxylation sites is 4. The molecule has 0 radical (unpaired) electrons. The van der Waals surface area contributed by atoms with E-state index in [9.17, 15) is 0 Å². The van der Waals surface area contributed by atoms with Gasteiger partial charge < -0.3 is 14.4 Å². The lowest BCUT2D eigenvalue weighted by atomic mass is 9.33. The molecule has 3 nitrogen and oxygen atoms in total. The molecule has 7 aromatic rings. The highest BCUT2D eigenvalue weighted by Crippen LogP contribution is 2.61. The molecule has 1 fully saturated rings.